The lowest BCUT2D eigenvalue weighted by Crippen LogP contribution is -2.47. The van der Waals surface area contributed by atoms with Gasteiger partial charge < -0.3 is 14.6 Å². The minimum Gasteiger partial charge on any atom is -0.469 e. The summed E-state index contributed by atoms with van der Waals surface area (Å²) in [6, 6.07) is 5.25. The molecule has 2 rings (SSSR count). The average Bonchev–Trinajstić information content (AvgIpc) is 2.79. The van der Waals surface area contributed by atoms with E-state index in [1.54, 1.807) is 6.26 Å². The van der Waals surface area contributed by atoms with Crippen LogP contribution in [0.5, 0.6) is 0 Å². The smallest absolute Gasteiger partial charge is 0.103 e. The minimum atomic E-state index is 0.566. The van der Waals surface area contributed by atoms with Crippen LogP contribution < -0.4 is 5.32 Å². The molecule has 0 aliphatic carbocycles. The summed E-state index contributed by atoms with van der Waals surface area (Å²) in [4.78, 5) is 2.42. The van der Waals surface area contributed by atoms with Gasteiger partial charge in [-0.25, -0.2) is 0 Å². The van der Waals surface area contributed by atoms with Gasteiger partial charge in [0.1, 0.15) is 5.76 Å². The minimum absolute atomic E-state index is 0.566. The Kier molecular flexibility index (Phi) is 4.63. The summed E-state index contributed by atoms with van der Waals surface area (Å²) in [7, 11) is 2.21. The van der Waals surface area contributed by atoms with E-state index in [2.05, 4.69) is 30.3 Å². The molecule has 17 heavy (non-hydrogen) atoms. The second kappa shape index (κ2) is 6.22. The number of nitrogens with one attached hydrogen (secondary N) is 1. The Morgan fingerprint density at radius 3 is 3.18 bits per heavy atom. The van der Waals surface area contributed by atoms with Crippen molar-refractivity contribution >= 4 is 0 Å². The summed E-state index contributed by atoms with van der Waals surface area (Å²) in [5.74, 6) is 1.10. The van der Waals surface area contributed by atoms with Gasteiger partial charge in [-0.3, -0.25) is 0 Å². The van der Waals surface area contributed by atoms with Gasteiger partial charge in [0, 0.05) is 25.0 Å². The molecule has 1 aliphatic heterocycles. The number of aryl methyl sites for hydroxylation is 1. The van der Waals surface area contributed by atoms with E-state index in [0.717, 1.165) is 18.6 Å². The van der Waals surface area contributed by atoms with Gasteiger partial charge >= 0.3 is 0 Å². The molecule has 1 aromatic rings. The first-order valence-corrected chi connectivity index (χ1v) is 6.71. The molecule has 0 radical (unpaired) electrons. The number of hydrogen-bond donors (Lipinski definition) is 1. The van der Waals surface area contributed by atoms with Crippen LogP contribution in [0.3, 0.4) is 0 Å². The zero-order valence-electron chi connectivity index (χ0n) is 11.0. The van der Waals surface area contributed by atoms with Gasteiger partial charge in [-0.1, -0.05) is 0 Å². The molecule has 0 spiro atoms. The monoisotopic (exact) mass is 236 g/mol. The van der Waals surface area contributed by atoms with Gasteiger partial charge in [-0.2, -0.15) is 0 Å². The zero-order chi connectivity index (χ0) is 12.1. The van der Waals surface area contributed by atoms with E-state index in [-0.39, 0.29) is 0 Å². The molecular weight excluding hydrogens is 212 g/mol. The molecule has 1 N–H and O–H groups in total. The van der Waals surface area contributed by atoms with Crippen LogP contribution in [0.4, 0.5) is 0 Å². The van der Waals surface area contributed by atoms with Crippen LogP contribution in [-0.2, 0) is 6.42 Å². The molecule has 2 heterocycles. The molecule has 0 amide bonds. The van der Waals surface area contributed by atoms with Crippen LogP contribution in [-0.4, -0.2) is 37.1 Å². The number of furan rings is 1. The first-order chi connectivity index (χ1) is 8.24. The third kappa shape index (κ3) is 4.17. The summed E-state index contributed by atoms with van der Waals surface area (Å²) in [6.45, 7) is 4.71. The Labute approximate surface area is 104 Å². The highest BCUT2D eigenvalue weighted by molar-refractivity contribution is 4.98. The van der Waals surface area contributed by atoms with Gasteiger partial charge in [0.2, 0.25) is 0 Å². The van der Waals surface area contributed by atoms with E-state index in [4.69, 9.17) is 4.42 Å². The summed E-state index contributed by atoms with van der Waals surface area (Å²) in [5, 5.41) is 3.73. The Hall–Kier alpha value is -0.800. The Morgan fingerprint density at radius 1 is 1.59 bits per heavy atom. The lowest BCUT2D eigenvalue weighted by Gasteiger charge is -2.32. The molecular formula is C14H24N2O. The van der Waals surface area contributed by atoms with Crippen LogP contribution in [0.15, 0.2) is 22.8 Å². The largest absolute Gasteiger partial charge is 0.469 e. The molecule has 1 aromatic heterocycles. The molecule has 96 valence electrons. The Balaban J connectivity index is 1.67. The molecule has 1 saturated heterocycles. The van der Waals surface area contributed by atoms with Crippen LogP contribution in [0.2, 0.25) is 0 Å². The second-order valence-corrected chi connectivity index (χ2v) is 5.29. The second-order valence-electron chi connectivity index (χ2n) is 5.29. The molecule has 1 aliphatic rings. The van der Waals surface area contributed by atoms with Crippen molar-refractivity contribution in [3.63, 3.8) is 0 Å². The van der Waals surface area contributed by atoms with Crippen molar-refractivity contribution in [1.82, 2.24) is 10.2 Å². The first kappa shape index (κ1) is 12.7. The van der Waals surface area contributed by atoms with E-state index in [9.17, 15) is 0 Å². The highest BCUT2D eigenvalue weighted by atomic mass is 16.3. The number of likely N-dealkylation sites (tertiary alicyclic amines) is 1. The molecule has 1 fully saturated rings. The SMILES string of the molecule is CC(CCc1ccco1)NC1CCCN(C)C1. The molecule has 0 saturated carbocycles. The van der Waals surface area contributed by atoms with Crippen LogP contribution in [0, 0.1) is 0 Å². The van der Waals surface area contributed by atoms with Gasteiger partial charge in [-0.15, -0.1) is 0 Å². The third-order valence-corrected chi connectivity index (χ3v) is 3.55. The lowest BCUT2D eigenvalue weighted by atomic mass is 10.0. The molecule has 2 unspecified atom stereocenters. The topological polar surface area (TPSA) is 28.4 Å². The van der Waals surface area contributed by atoms with E-state index in [1.165, 1.54) is 25.9 Å². The highest BCUT2D eigenvalue weighted by Crippen LogP contribution is 2.11. The number of rotatable bonds is 5. The van der Waals surface area contributed by atoms with Crippen molar-refractivity contribution < 1.29 is 4.42 Å². The van der Waals surface area contributed by atoms with Gasteiger partial charge in [-0.05, 0) is 51.9 Å². The fourth-order valence-corrected chi connectivity index (χ4v) is 2.60. The summed E-state index contributed by atoms with van der Waals surface area (Å²) < 4.78 is 5.35. The number of piperidine rings is 1. The fraction of sp³-hybridized carbons (Fsp3) is 0.714. The maximum Gasteiger partial charge on any atom is 0.103 e. The normalized spacial score (nSPS) is 23.8. The van der Waals surface area contributed by atoms with Crippen molar-refractivity contribution in [2.45, 2.75) is 44.7 Å². The number of nitrogens with zero attached hydrogens (tertiary/aromatic N) is 1. The third-order valence-electron chi connectivity index (χ3n) is 3.55. The highest BCUT2D eigenvalue weighted by Gasteiger charge is 2.18. The zero-order valence-corrected chi connectivity index (χ0v) is 11.0. The summed E-state index contributed by atoms with van der Waals surface area (Å²) >= 11 is 0. The molecule has 0 aromatic carbocycles. The predicted molar refractivity (Wildman–Crippen MR) is 70.1 cm³/mol. The average molecular weight is 236 g/mol. The van der Waals surface area contributed by atoms with E-state index in [1.807, 2.05) is 6.07 Å². The number of hydrogen-bond acceptors (Lipinski definition) is 3. The maximum atomic E-state index is 5.35. The first-order valence-electron chi connectivity index (χ1n) is 6.71. The van der Waals surface area contributed by atoms with Crippen molar-refractivity contribution in [3.8, 4) is 0 Å². The van der Waals surface area contributed by atoms with Crippen molar-refractivity contribution in [1.29, 1.82) is 0 Å². The van der Waals surface area contributed by atoms with Crippen LogP contribution in [0.1, 0.15) is 31.9 Å². The van der Waals surface area contributed by atoms with Crippen molar-refractivity contribution in [2.75, 3.05) is 20.1 Å². The van der Waals surface area contributed by atoms with E-state index < -0.39 is 0 Å². The quantitative estimate of drug-likeness (QED) is 0.850. The maximum absolute atomic E-state index is 5.35. The molecule has 3 heteroatoms. The summed E-state index contributed by atoms with van der Waals surface area (Å²) in [6.07, 6.45) is 6.56. The van der Waals surface area contributed by atoms with Crippen molar-refractivity contribution in [3.05, 3.63) is 24.2 Å². The van der Waals surface area contributed by atoms with Crippen molar-refractivity contribution in [2.24, 2.45) is 0 Å². The van der Waals surface area contributed by atoms with Gasteiger partial charge in [0.05, 0.1) is 6.26 Å². The number of likely N-dealkylation sites (N-methyl/N-ethyl adjacent to an activating group) is 1. The predicted octanol–water partition coefficient (Wildman–Crippen LogP) is 2.28. The molecule has 0 bridgehead atoms. The van der Waals surface area contributed by atoms with Crippen LogP contribution in [0.25, 0.3) is 0 Å². The molecule has 2 atom stereocenters. The Bertz CT molecular complexity index is 310. The van der Waals surface area contributed by atoms with Gasteiger partial charge in [0.15, 0.2) is 0 Å². The Morgan fingerprint density at radius 2 is 2.47 bits per heavy atom. The fourth-order valence-electron chi connectivity index (χ4n) is 2.60. The standard InChI is InChI=1S/C14H24N2O/c1-12(7-8-14-6-4-10-17-14)15-13-5-3-9-16(2)11-13/h4,6,10,12-13,15H,3,5,7-9,11H2,1-2H3. The van der Waals surface area contributed by atoms with E-state index >= 15 is 0 Å². The van der Waals surface area contributed by atoms with Gasteiger partial charge in [0.25, 0.3) is 0 Å². The molecule has 3 nitrogen and oxygen atoms in total. The van der Waals surface area contributed by atoms with E-state index in [0.29, 0.717) is 12.1 Å². The van der Waals surface area contributed by atoms with Crippen LogP contribution >= 0.6 is 0 Å². The summed E-state index contributed by atoms with van der Waals surface area (Å²) in [5.41, 5.74) is 0. The lowest BCUT2D eigenvalue weighted by molar-refractivity contribution is 0.216.